The van der Waals surface area contributed by atoms with Crippen molar-refractivity contribution in [2.75, 3.05) is 11.9 Å². The standard InChI is InChI=1S/C37H44ClN6O5PS/c1-22-23(2)51-35-32(22)33(26-13-15-27(38)16-14-26)41-30(34-43-42-24(3)44(34)35)20-31(45)40-29-18-11-25(12-19-29)10-17-28(39)21-47-50(46,48-36(4,5)6)49-37(7,8)9/h11-16,18-19,28,30H,20-21,39H2,1-9H3,(H,40,45)/t28?,30-/m0/s1. The van der Waals surface area contributed by atoms with Crippen molar-refractivity contribution in [1.29, 1.82) is 0 Å². The Morgan fingerprint density at radius 1 is 1.02 bits per heavy atom. The van der Waals surface area contributed by atoms with Gasteiger partial charge in [0.05, 0.1) is 36.0 Å². The van der Waals surface area contributed by atoms with Crippen LogP contribution in [0.3, 0.4) is 0 Å². The van der Waals surface area contributed by atoms with Crippen LogP contribution in [0.4, 0.5) is 5.69 Å². The molecule has 3 N–H and O–H groups in total. The molecule has 1 aliphatic heterocycles. The molecule has 2 atom stereocenters. The van der Waals surface area contributed by atoms with Crippen molar-refractivity contribution in [1.82, 2.24) is 14.8 Å². The molecule has 2 aromatic carbocycles. The van der Waals surface area contributed by atoms with Crippen LogP contribution >= 0.6 is 30.8 Å². The number of aliphatic imine (C=N–C) groups is 1. The summed E-state index contributed by atoms with van der Waals surface area (Å²) in [5, 5.41) is 13.4. The molecule has 0 saturated carbocycles. The Morgan fingerprint density at radius 3 is 2.25 bits per heavy atom. The molecule has 0 bridgehead atoms. The van der Waals surface area contributed by atoms with Gasteiger partial charge in [0.25, 0.3) is 0 Å². The van der Waals surface area contributed by atoms with Gasteiger partial charge in [-0.25, -0.2) is 4.57 Å². The van der Waals surface area contributed by atoms with Gasteiger partial charge < -0.3 is 11.1 Å². The van der Waals surface area contributed by atoms with E-state index in [0.717, 1.165) is 33.2 Å². The molecule has 0 aliphatic carbocycles. The van der Waals surface area contributed by atoms with Crippen molar-refractivity contribution >= 4 is 48.1 Å². The van der Waals surface area contributed by atoms with E-state index in [1.807, 2.05) is 35.8 Å². The van der Waals surface area contributed by atoms with E-state index < -0.39 is 31.1 Å². The molecule has 51 heavy (non-hydrogen) atoms. The second-order valence-corrected chi connectivity index (χ2v) is 17.4. The number of aryl methyl sites for hydroxylation is 2. The van der Waals surface area contributed by atoms with Crippen molar-refractivity contribution in [3.63, 3.8) is 0 Å². The Hall–Kier alpha value is -3.66. The van der Waals surface area contributed by atoms with Gasteiger partial charge >= 0.3 is 7.82 Å². The van der Waals surface area contributed by atoms with Crippen LogP contribution in [0.25, 0.3) is 5.00 Å². The first-order chi connectivity index (χ1) is 23.8. The summed E-state index contributed by atoms with van der Waals surface area (Å²) in [4.78, 5) is 19.8. The molecule has 2 aromatic heterocycles. The van der Waals surface area contributed by atoms with Crippen LogP contribution in [0, 0.1) is 32.6 Å². The van der Waals surface area contributed by atoms with E-state index >= 15 is 0 Å². The number of hydrogen-bond acceptors (Lipinski definition) is 10. The van der Waals surface area contributed by atoms with Crippen LogP contribution < -0.4 is 11.1 Å². The molecule has 0 fully saturated rings. The third kappa shape index (κ3) is 9.82. The van der Waals surface area contributed by atoms with E-state index in [4.69, 9.17) is 35.9 Å². The number of fused-ring (bicyclic) bond motifs is 3. The maximum Gasteiger partial charge on any atom is 0.475 e. The van der Waals surface area contributed by atoms with Gasteiger partial charge in [0.1, 0.15) is 16.9 Å². The lowest BCUT2D eigenvalue weighted by Crippen LogP contribution is -2.28. The van der Waals surface area contributed by atoms with E-state index in [-0.39, 0.29) is 18.9 Å². The number of aromatic nitrogens is 3. The molecule has 4 aromatic rings. The number of nitrogens with one attached hydrogen (secondary N) is 1. The summed E-state index contributed by atoms with van der Waals surface area (Å²) in [5.74, 6) is 7.00. The fourth-order valence-corrected chi connectivity index (χ4v) is 8.46. The van der Waals surface area contributed by atoms with E-state index in [2.05, 4.69) is 41.2 Å². The highest BCUT2D eigenvalue weighted by Gasteiger charge is 2.37. The highest BCUT2D eigenvalue weighted by molar-refractivity contribution is 7.48. The van der Waals surface area contributed by atoms with Crippen molar-refractivity contribution in [3.05, 3.63) is 92.3 Å². The van der Waals surface area contributed by atoms with Gasteiger partial charge in [0, 0.05) is 32.3 Å². The zero-order chi connectivity index (χ0) is 37.3. The third-order valence-electron chi connectivity index (χ3n) is 7.49. The summed E-state index contributed by atoms with van der Waals surface area (Å²) >= 11 is 7.88. The zero-order valence-corrected chi connectivity index (χ0v) is 32.8. The summed E-state index contributed by atoms with van der Waals surface area (Å²) in [7, 11) is -3.91. The predicted molar refractivity (Wildman–Crippen MR) is 203 cm³/mol. The van der Waals surface area contributed by atoms with Gasteiger partial charge in [-0.15, -0.1) is 21.5 Å². The number of thiophene rings is 1. The van der Waals surface area contributed by atoms with Crippen molar-refractivity contribution in [3.8, 4) is 16.8 Å². The summed E-state index contributed by atoms with van der Waals surface area (Å²) in [5.41, 5.74) is 9.70. The maximum atomic E-state index is 13.5. The van der Waals surface area contributed by atoms with Gasteiger partial charge in [0.2, 0.25) is 5.91 Å². The van der Waals surface area contributed by atoms with Crippen LogP contribution in [0.15, 0.2) is 53.5 Å². The molecule has 270 valence electrons. The van der Waals surface area contributed by atoms with Crippen LogP contribution in [0.5, 0.6) is 0 Å². The lowest BCUT2D eigenvalue weighted by atomic mass is 9.99. The number of phosphoric ester groups is 1. The predicted octanol–water partition coefficient (Wildman–Crippen LogP) is 8.26. The smallest absolute Gasteiger partial charge is 0.326 e. The lowest BCUT2D eigenvalue weighted by Gasteiger charge is -2.31. The first-order valence-electron chi connectivity index (χ1n) is 16.5. The van der Waals surface area contributed by atoms with E-state index in [1.54, 1.807) is 77.1 Å². The highest BCUT2D eigenvalue weighted by atomic mass is 35.5. The summed E-state index contributed by atoms with van der Waals surface area (Å²) in [6.45, 7) is 16.5. The Morgan fingerprint density at radius 2 is 1.65 bits per heavy atom. The van der Waals surface area contributed by atoms with Gasteiger partial charge in [-0.3, -0.25) is 27.9 Å². The molecule has 1 amide bonds. The third-order valence-corrected chi connectivity index (χ3v) is 10.9. The molecule has 0 spiro atoms. The number of rotatable bonds is 9. The molecule has 11 nitrogen and oxygen atoms in total. The second kappa shape index (κ2) is 15.1. The molecule has 1 unspecified atom stereocenters. The first-order valence-corrected chi connectivity index (χ1v) is 19.2. The molecule has 5 rings (SSSR count). The Balaban J connectivity index is 1.29. The summed E-state index contributed by atoms with van der Waals surface area (Å²) in [6.07, 6.45) is 0.0420. The number of benzene rings is 2. The van der Waals surface area contributed by atoms with Crippen LogP contribution in [0.1, 0.15) is 92.8 Å². The molecule has 14 heteroatoms. The van der Waals surface area contributed by atoms with Gasteiger partial charge in [-0.2, -0.15) is 0 Å². The maximum absolute atomic E-state index is 13.5. The minimum Gasteiger partial charge on any atom is -0.326 e. The Bertz CT molecular complexity index is 2030. The van der Waals surface area contributed by atoms with Gasteiger partial charge in [0.15, 0.2) is 5.82 Å². The summed E-state index contributed by atoms with van der Waals surface area (Å²) < 4.78 is 32.1. The minimum absolute atomic E-state index is 0.0420. The number of carbonyl (C=O) groups excluding carboxylic acids is 1. The normalized spacial score (nSPS) is 15.2. The molecule has 1 aliphatic rings. The topological polar surface area (TPSA) is 143 Å². The van der Waals surface area contributed by atoms with E-state index in [1.165, 1.54) is 4.88 Å². The van der Waals surface area contributed by atoms with Crippen LogP contribution in [0.2, 0.25) is 5.02 Å². The average molecular weight is 751 g/mol. The molecule has 0 saturated heterocycles. The van der Waals surface area contributed by atoms with Crippen LogP contribution in [-0.2, 0) is 22.9 Å². The molecular formula is C37H44ClN6O5PS. The van der Waals surface area contributed by atoms with E-state index in [9.17, 15) is 9.36 Å². The van der Waals surface area contributed by atoms with Crippen molar-refractivity contribution in [2.45, 2.75) is 92.0 Å². The number of phosphoric acid groups is 1. The number of halogens is 1. The fourth-order valence-electron chi connectivity index (χ4n) is 5.29. The fraction of sp³-hybridized carbons (Fsp3) is 0.405. The van der Waals surface area contributed by atoms with Crippen LogP contribution in [-0.4, -0.2) is 50.2 Å². The lowest BCUT2D eigenvalue weighted by molar-refractivity contribution is -0.116. The number of nitrogens with two attached hydrogens (primary N) is 1. The average Bonchev–Trinajstić information content (AvgIpc) is 3.50. The van der Waals surface area contributed by atoms with E-state index in [0.29, 0.717) is 22.1 Å². The number of carbonyl (C=O) groups is 1. The second-order valence-electron chi connectivity index (χ2n) is 14.3. The summed E-state index contributed by atoms with van der Waals surface area (Å²) in [6, 6.07) is 13.3. The number of anilines is 1. The van der Waals surface area contributed by atoms with Crippen molar-refractivity contribution in [2.24, 2.45) is 10.7 Å². The molecule has 0 radical (unpaired) electrons. The van der Waals surface area contributed by atoms with Crippen molar-refractivity contribution < 1.29 is 22.9 Å². The number of nitrogens with zero attached hydrogens (tertiary/aromatic N) is 4. The molecule has 3 heterocycles. The number of hydrogen-bond donors (Lipinski definition) is 2. The molecular weight excluding hydrogens is 707 g/mol. The largest absolute Gasteiger partial charge is 0.475 e. The Labute approximate surface area is 308 Å². The van der Waals surface area contributed by atoms with Gasteiger partial charge in [-0.1, -0.05) is 35.6 Å². The Kier molecular flexibility index (Phi) is 11.4. The zero-order valence-electron chi connectivity index (χ0n) is 30.3. The highest BCUT2D eigenvalue weighted by Crippen LogP contribution is 2.55. The van der Waals surface area contributed by atoms with Gasteiger partial charge in [-0.05, 0) is 104 Å². The minimum atomic E-state index is -3.91. The SMILES string of the molecule is Cc1sc2c(c1C)C(c1ccc(Cl)cc1)=N[C@@H](CC(=O)Nc1ccc(C#CC(N)COP(=O)(OC(C)(C)C)OC(C)(C)C)cc1)c1nnc(C)n1-2. The first kappa shape index (κ1) is 38.6. The quantitative estimate of drug-likeness (QED) is 0.129. The number of amides is 1. The monoisotopic (exact) mass is 750 g/mol.